The molecule has 0 heterocycles. The third kappa shape index (κ3) is 11700. The Morgan fingerprint density at radius 2 is 0.471 bits per heavy atom. The standard InChI is InChI=1S/3ClH.2Fe.3NO3/c;;;;;3*2-1(3)4/h3*1H;;;;;/q;;;2*+3;3*-1/p-3. The van der Waals surface area contributed by atoms with E-state index in [9.17, 15) is 0 Å². The van der Waals surface area contributed by atoms with Gasteiger partial charge in [0.15, 0.2) is 0 Å². The van der Waals surface area contributed by atoms with Crippen LogP contribution in [0.4, 0.5) is 0 Å². The molecule has 0 amide bonds. The zero-order valence-electron chi connectivity index (χ0n) is 6.86. The van der Waals surface area contributed by atoms with Crippen LogP contribution in [0.2, 0.25) is 0 Å². The van der Waals surface area contributed by atoms with Crippen LogP contribution >= 0.6 is 0 Å². The molecule has 0 atom stereocenters. The third-order valence-electron chi connectivity index (χ3n) is 0. The number of rotatable bonds is 0. The van der Waals surface area contributed by atoms with E-state index in [1.807, 2.05) is 0 Å². The van der Waals surface area contributed by atoms with Crippen molar-refractivity contribution in [3.05, 3.63) is 46.0 Å². The van der Waals surface area contributed by atoms with Crippen molar-refractivity contribution < 1.29 is 86.6 Å². The van der Waals surface area contributed by atoms with Crippen LogP contribution < -0.4 is 37.2 Å². The Labute approximate surface area is 132 Å². The second kappa shape index (κ2) is 45.1. The minimum atomic E-state index is -1.75. The average molecular weight is 404 g/mol. The van der Waals surface area contributed by atoms with E-state index in [0.29, 0.717) is 0 Å². The molecule has 0 aliphatic rings. The Kier molecular flexibility index (Phi) is 145. The maximum Gasteiger partial charge on any atom is 3.00 e. The third-order valence-corrected chi connectivity index (χ3v) is 0. The Hall–Kier alpha value is -0.491. The van der Waals surface area contributed by atoms with Gasteiger partial charge in [-0.05, 0) is 0 Å². The van der Waals surface area contributed by atoms with Gasteiger partial charge in [-0.3, -0.25) is 0 Å². The van der Waals surface area contributed by atoms with E-state index >= 15 is 0 Å². The van der Waals surface area contributed by atoms with Crippen molar-refractivity contribution in [2.75, 3.05) is 0 Å². The van der Waals surface area contributed by atoms with Crippen molar-refractivity contribution in [2.45, 2.75) is 0 Å². The first-order valence-electron chi connectivity index (χ1n) is 1.64. The molecule has 0 spiro atoms. The molecule has 0 rings (SSSR count). The van der Waals surface area contributed by atoms with E-state index in [1.165, 1.54) is 0 Å². The van der Waals surface area contributed by atoms with Crippen molar-refractivity contribution in [1.82, 2.24) is 0 Å². The van der Waals surface area contributed by atoms with Crippen LogP contribution in [0.1, 0.15) is 0 Å². The van der Waals surface area contributed by atoms with Crippen LogP contribution in [0.15, 0.2) is 0 Å². The number of nitrogens with zero attached hydrogens (tertiary/aromatic N) is 3. The van der Waals surface area contributed by atoms with Crippen molar-refractivity contribution >= 4 is 0 Å². The Balaban J connectivity index is -0.0000000104. The van der Waals surface area contributed by atoms with Crippen LogP contribution in [0.3, 0.4) is 0 Å². The summed E-state index contributed by atoms with van der Waals surface area (Å²) in [4.78, 5) is 24.8. The molecule has 12 nitrogen and oxygen atoms in total. The zero-order valence-corrected chi connectivity index (χ0v) is 11.3. The van der Waals surface area contributed by atoms with Crippen LogP contribution in [0.5, 0.6) is 0 Å². The van der Waals surface area contributed by atoms with Gasteiger partial charge >= 0.3 is 34.1 Å². The molecule has 17 heteroatoms. The summed E-state index contributed by atoms with van der Waals surface area (Å²) in [5, 5.41) is 44.2. The molecule has 0 saturated heterocycles. The summed E-state index contributed by atoms with van der Waals surface area (Å²) in [5.41, 5.74) is 0. The Bertz CT molecular complexity index is 127. The molecule has 0 N–H and O–H groups in total. The van der Waals surface area contributed by atoms with Gasteiger partial charge < -0.3 is 83.2 Å². The monoisotopic (exact) mass is 403 g/mol. The van der Waals surface area contributed by atoms with Crippen LogP contribution in [0, 0.1) is 46.0 Å². The minimum Gasteiger partial charge on any atom is -1.00 e. The van der Waals surface area contributed by atoms with E-state index in [-0.39, 0.29) is 71.4 Å². The summed E-state index contributed by atoms with van der Waals surface area (Å²) >= 11 is 0. The zero-order chi connectivity index (χ0) is 10.7. The van der Waals surface area contributed by atoms with Crippen LogP contribution in [0.25, 0.3) is 0 Å². The average Bonchev–Trinajstić information content (AvgIpc) is 1.54. The van der Waals surface area contributed by atoms with Gasteiger partial charge in [-0.25, -0.2) is 0 Å². The van der Waals surface area contributed by atoms with Crippen LogP contribution in [-0.2, 0) is 34.1 Å². The SMILES string of the molecule is O=[N+]([O-])[O-].O=[N+]([O-])[O-].O=[N+]([O-])[O-].[Cl-].[Cl-].[Cl-].[Fe+3].[Fe+3]. The molecule has 0 fully saturated rings. The minimum absolute atomic E-state index is 0. The molecule has 0 aliphatic heterocycles. The molecule has 106 valence electrons. The molecular formula is Cl3Fe2N3O9. The van der Waals surface area contributed by atoms with Crippen molar-refractivity contribution in [2.24, 2.45) is 0 Å². The topological polar surface area (TPSA) is 199 Å². The molecule has 0 unspecified atom stereocenters. The van der Waals surface area contributed by atoms with Gasteiger partial charge in [0.25, 0.3) is 0 Å². The number of hydrogen-bond acceptors (Lipinski definition) is 9. The molecule has 0 bridgehead atoms. The molecule has 0 saturated carbocycles. The van der Waals surface area contributed by atoms with E-state index in [4.69, 9.17) is 46.0 Å². The first-order chi connectivity index (χ1) is 5.20. The predicted octanol–water partition coefficient (Wildman–Crippen LogP) is -9.71. The van der Waals surface area contributed by atoms with Crippen LogP contribution in [-0.4, -0.2) is 15.3 Å². The van der Waals surface area contributed by atoms with Gasteiger partial charge in [-0.1, -0.05) is 0 Å². The van der Waals surface area contributed by atoms with Crippen molar-refractivity contribution in [3.8, 4) is 0 Å². The summed E-state index contributed by atoms with van der Waals surface area (Å²) < 4.78 is 0. The summed E-state index contributed by atoms with van der Waals surface area (Å²) in [7, 11) is 0. The first-order valence-corrected chi connectivity index (χ1v) is 1.64. The number of hydrogen-bond donors (Lipinski definition) is 0. The predicted molar refractivity (Wildman–Crippen MR) is 31.1 cm³/mol. The molecule has 2 radical (unpaired) electrons. The second-order valence-corrected chi connectivity index (χ2v) is 0.671. The van der Waals surface area contributed by atoms with Gasteiger partial charge in [0.05, 0.1) is 15.3 Å². The maximum atomic E-state index is 8.25. The van der Waals surface area contributed by atoms with E-state index < -0.39 is 15.3 Å². The molecule has 0 aromatic heterocycles. The Morgan fingerprint density at radius 1 is 0.471 bits per heavy atom. The van der Waals surface area contributed by atoms with Gasteiger partial charge in [-0.2, -0.15) is 0 Å². The summed E-state index contributed by atoms with van der Waals surface area (Å²) in [6.45, 7) is 0. The normalized spacial score (nSPS) is 4.24. The second-order valence-electron chi connectivity index (χ2n) is 0.671. The quantitative estimate of drug-likeness (QED) is 0.214. The fraction of sp³-hybridized carbons (Fsp3) is 0. The summed E-state index contributed by atoms with van der Waals surface area (Å²) in [6, 6.07) is 0. The maximum absolute atomic E-state index is 8.25. The molecule has 0 aromatic rings. The van der Waals surface area contributed by atoms with Gasteiger partial charge in [-0.15, -0.1) is 0 Å². The van der Waals surface area contributed by atoms with Crippen molar-refractivity contribution in [1.29, 1.82) is 0 Å². The smallest absolute Gasteiger partial charge is 1.00 e. The number of halogens is 3. The van der Waals surface area contributed by atoms with Crippen molar-refractivity contribution in [3.63, 3.8) is 0 Å². The van der Waals surface area contributed by atoms with E-state index in [2.05, 4.69) is 0 Å². The van der Waals surface area contributed by atoms with Gasteiger partial charge in [0.2, 0.25) is 0 Å². The van der Waals surface area contributed by atoms with Gasteiger partial charge in [0.1, 0.15) is 0 Å². The fourth-order valence-electron chi connectivity index (χ4n) is 0. The summed E-state index contributed by atoms with van der Waals surface area (Å²) in [6.07, 6.45) is 0. The molecule has 17 heavy (non-hydrogen) atoms. The largest absolute Gasteiger partial charge is 3.00 e. The first kappa shape index (κ1) is 54.8. The fourth-order valence-corrected chi connectivity index (χ4v) is 0. The van der Waals surface area contributed by atoms with E-state index in [1.54, 1.807) is 0 Å². The molecule has 0 aliphatic carbocycles. The summed E-state index contributed by atoms with van der Waals surface area (Å²) in [5.74, 6) is 0. The van der Waals surface area contributed by atoms with E-state index in [0.717, 1.165) is 0 Å². The van der Waals surface area contributed by atoms with Gasteiger partial charge in [0, 0.05) is 0 Å². The molecule has 0 aromatic carbocycles. The molecular weight excluding hydrogens is 404 g/mol. The Morgan fingerprint density at radius 3 is 0.471 bits per heavy atom.